The lowest BCUT2D eigenvalue weighted by Gasteiger charge is -2.05. The molecule has 6 aromatic rings. The van der Waals surface area contributed by atoms with Crippen LogP contribution < -0.4 is 0 Å². The van der Waals surface area contributed by atoms with E-state index >= 15 is 0 Å². The highest BCUT2D eigenvalue weighted by Gasteiger charge is 2.23. The minimum Gasteiger partial charge on any atom is -0.436 e. The number of rotatable bonds is 6. The van der Waals surface area contributed by atoms with Crippen molar-refractivity contribution in [2.24, 2.45) is 4.99 Å². The van der Waals surface area contributed by atoms with Crippen LogP contribution in [0.1, 0.15) is 27.8 Å². The Labute approximate surface area is 238 Å². The van der Waals surface area contributed by atoms with Gasteiger partial charge in [0.2, 0.25) is 5.88 Å². The molecular formula is C35H26ClN3O. The van der Waals surface area contributed by atoms with Gasteiger partial charge >= 0.3 is 0 Å². The number of hydrogen-bond acceptors (Lipinski definition) is 3. The molecule has 0 aliphatic heterocycles. The molecule has 0 aliphatic carbocycles. The van der Waals surface area contributed by atoms with Crippen molar-refractivity contribution in [2.75, 3.05) is 0 Å². The van der Waals surface area contributed by atoms with Crippen molar-refractivity contribution in [1.29, 1.82) is 5.26 Å². The Morgan fingerprint density at radius 3 is 2.17 bits per heavy atom. The number of nitriles is 1. The number of para-hydroxylation sites is 1. The predicted octanol–water partition coefficient (Wildman–Crippen LogP) is 9.51. The summed E-state index contributed by atoms with van der Waals surface area (Å²) in [4.78, 5) is 4.75. The number of aliphatic imine (C=N–C) groups is 1. The summed E-state index contributed by atoms with van der Waals surface area (Å²) in [5.41, 5.74) is 8.48. The third-order valence-corrected chi connectivity index (χ3v) is 7.31. The van der Waals surface area contributed by atoms with E-state index < -0.39 is 0 Å². The summed E-state index contributed by atoms with van der Waals surface area (Å²) in [5.74, 6) is 0.931. The molecule has 2 heterocycles. The maximum Gasteiger partial charge on any atom is 0.238 e. The normalized spacial score (nSPS) is 11.3. The molecule has 4 aromatic carbocycles. The third kappa shape index (κ3) is 4.96. The zero-order valence-corrected chi connectivity index (χ0v) is 23.0. The smallest absolute Gasteiger partial charge is 0.238 e. The van der Waals surface area contributed by atoms with Gasteiger partial charge in [-0.25, -0.2) is 4.99 Å². The predicted molar refractivity (Wildman–Crippen MR) is 164 cm³/mol. The van der Waals surface area contributed by atoms with Gasteiger partial charge in [0.05, 0.1) is 0 Å². The molecule has 6 rings (SSSR count). The molecule has 4 nitrogen and oxygen atoms in total. The number of nitrogens with zero attached hydrogens (tertiary/aromatic N) is 3. The first-order chi connectivity index (χ1) is 19.5. The van der Waals surface area contributed by atoms with Crippen LogP contribution in [0.25, 0.3) is 33.4 Å². The molecule has 0 bridgehead atoms. The van der Waals surface area contributed by atoms with Gasteiger partial charge in [0, 0.05) is 51.6 Å². The minimum absolute atomic E-state index is 0.295. The molecule has 0 unspecified atom stereocenters. The van der Waals surface area contributed by atoms with Crippen molar-refractivity contribution in [1.82, 2.24) is 4.57 Å². The van der Waals surface area contributed by atoms with E-state index in [2.05, 4.69) is 29.0 Å². The van der Waals surface area contributed by atoms with Crippen molar-refractivity contribution in [3.8, 4) is 28.5 Å². The van der Waals surface area contributed by atoms with Crippen LogP contribution in [0.3, 0.4) is 0 Å². The highest BCUT2D eigenvalue weighted by Crippen LogP contribution is 2.42. The second-order valence-corrected chi connectivity index (χ2v) is 10.4. The van der Waals surface area contributed by atoms with Gasteiger partial charge in [-0.15, -0.1) is 0 Å². The molecule has 0 amide bonds. The van der Waals surface area contributed by atoms with Gasteiger partial charge in [-0.2, -0.15) is 5.26 Å². The molecule has 0 saturated heterocycles. The molecule has 2 aromatic heterocycles. The molecule has 0 aliphatic rings. The lowest BCUT2D eigenvalue weighted by atomic mass is 9.97. The molecular weight excluding hydrogens is 514 g/mol. The fraction of sp³-hybridized carbons (Fsp3) is 0.0857. The van der Waals surface area contributed by atoms with Gasteiger partial charge in [-0.3, -0.25) is 0 Å². The molecule has 0 saturated carbocycles. The van der Waals surface area contributed by atoms with Crippen LogP contribution in [0, 0.1) is 25.2 Å². The molecule has 194 valence electrons. The Morgan fingerprint density at radius 1 is 0.850 bits per heavy atom. The monoisotopic (exact) mass is 539 g/mol. The van der Waals surface area contributed by atoms with E-state index in [0.29, 0.717) is 23.8 Å². The number of aromatic nitrogens is 1. The Hall–Kier alpha value is -4.85. The van der Waals surface area contributed by atoms with Crippen LogP contribution in [0.15, 0.2) is 113 Å². The van der Waals surface area contributed by atoms with Crippen molar-refractivity contribution >= 4 is 34.6 Å². The van der Waals surface area contributed by atoms with Crippen LogP contribution in [-0.2, 0) is 6.54 Å². The van der Waals surface area contributed by atoms with Crippen molar-refractivity contribution < 1.29 is 4.42 Å². The average Bonchev–Trinajstić information content (AvgIpc) is 3.52. The SMILES string of the molecule is Cc1ccc(-c2oc(N=Cc3cn(Cc4ccc(Cl)cc4)c4ccccc34)c(C#N)c2-c2ccc(C)cc2)cc1. The average molecular weight is 540 g/mol. The highest BCUT2D eigenvalue weighted by atomic mass is 35.5. The van der Waals surface area contributed by atoms with Crippen molar-refractivity contribution in [3.63, 3.8) is 0 Å². The lowest BCUT2D eigenvalue weighted by Crippen LogP contribution is -1.97. The molecule has 0 radical (unpaired) electrons. The van der Waals surface area contributed by atoms with E-state index in [-0.39, 0.29) is 0 Å². The van der Waals surface area contributed by atoms with Crippen molar-refractivity contribution in [2.45, 2.75) is 20.4 Å². The summed E-state index contributed by atoms with van der Waals surface area (Å²) < 4.78 is 8.55. The van der Waals surface area contributed by atoms with Crippen LogP contribution in [0.4, 0.5) is 5.88 Å². The van der Waals surface area contributed by atoms with E-state index in [1.807, 2.05) is 98.8 Å². The standard InChI is InChI=1S/C35H26ClN3O/c1-23-7-13-26(14-8-23)33-31(19-37)35(40-34(33)27-15-9-24(2)10-16-27)38-20-28-22-39(32-6-4-3-5-30(28)32)21-25-11-17-29(36)18-12-25/h3-18,20,22H,21H2,1-2H3. The molecule has 0 spiro atoms. The van der Waals surface area contributed by atoms with E-state index in [4.69, 9.17) is 21.0 Å². The molecule has 0 fully saturated rings. The van der Waals surface area contributed by atoms with E-state index in [9.17, 15) is 5.26 Å². The quantitative estimate of drug-likeness (QED) is 0.198. The van der Waals surface area contributed by atoms with Crippen LogP contribution in [0.2, 0.25) is 5.02 Å². The van der Waals surface area contributed by atoms with Gasteiger partial charge in [0.25, 0.3) is 0 Å². The Kier molecular flexibility index (Phi) is 6.82. The van der Waals surface area contributed by atoms with E-state index in [1.54, 1.807) is 6.21 Å². The Bertz CT molecular complexity index is 1880. The lowest BCUT2D eigenvalue weighted by molar-refractivity contribution is 0.593. The summed E-state index contributed by atoms with van der Waals surface area (Å²) >= 11 is 6.09. The topological polar surface area (TPSA) is 54.2 Å². The Balaban J connectivity index is 1.45. The molecule has 0 atom stereocenters. The van der Waals surface area contributed by atoms with Gasteiger partial charge < -0.3 is 8.98 Å². The number of fused-ring (bicyclic) bond motifs is 1. The fourth-order valence-electron chi connectivity index (χ4n) is 4.94. The second kappa shape index (κ2) is 10.7. The van der Waals surface area contributed by atoms with Crippen LogP contribution in [0.5, 0.6) is 0 Å². The first-order valence-corrected chi connectivity index (χ1v) is 13.5. The molecule has 0 N–H and O–H groups in total. The number of benzene rings is 4. The van der Waals surface area contributed by atoms with Crippen LogP contribution >= 0.6 is 11.6 Å². The first kappa shape index (κ1) is 25.4. The summed E-state index contributed by atoms with van der Waals surface area (Å²) in [7, 11) is 0. The van der Waals surface area contributed by atoms with E-state index in [1.165, 1.54) is 0 Å². The van der Waals surface area contributed by atoms with Crippen molar-refractivity contribution in [3.05, 3.63) is 136 Å². The van der Waals surface area contributed by atoms with Crippen LogP contribution in [-0.4, -0.2) is 10.8 Å². The highest BCUT2D eigenvalue weighted by molar-refractivity contribution is 6.30. The zero-order chi connectivity index (χ0) is 27.6. The van der Waals surface area contributed by atoms with Gasteiger partial charge in [0.15, 0.2) is 0 Å². The largest absolute Gasteiger partial charge is 0.436 e. The summed E-state index contributed by atoms with van der Waals surface area (Å²) in [5, 5.41) is 12.1. The summed E-state index contributed by atoms with van der Waals surface area (Å²) in [6, 6.07) is 34.7. The number of aryl methyl sites for hydroxylation is 2. The maximum absolute atomic E-state index is 10.3. The van der Waals surface area contributed by atoms with E-state index in [0.717, 1.165) is 54.9 Å². The minimum atomic E-state index is 0.295. The third-order valence-electron chi connectivity index (χ3n) is 7.06. The molecule has 5 heteroatoms. The first-order valence-electron chi connectivity index (χ1n) is 13.1. The zero-order valence-electron chi connectivity index (χ0n) is 22.2. The summed E-state index contributed by atoms with van der Waals surface area (Å²) in [6.07, 6.45) is 3.87. The van der Waals surface area contributed by atoms with Gasteiger partial charge in [0.1, 0.15) is 17.4 Å². The van der Waals surface area contributed by atoms with Gasteiger partial charge in [-0.1, -0.05) is 102 Å². The second-order valence-electron chi connectivity index (χ2n) is 9.94. The Morgan fingerprint density at radius 2 is 1.50 bits per heavy atom. The fourth-order valence-corrected chi connectivity index (χ4v) is 5.07. The summed E-state index contributed by atoms with van der Waals surface area (Å²) in [6.45, 7) is 4.79. The maximum atomic E-state index is 10.3. The van der Waals surface area contributed by atoms with Gasteiger partial charge in [-0.05, 0) is 43.2 Å². The number of hydrogen-bond donors (Lipinski definition) is 0. The number of halogens is 1. The number of furan rings is 1. The molecule has 40 heavy (non-hydrogen) atoms.